The minimum atomic E-state index is -3.37. The number of hydrogen-bond acceptors (Lipinski definition) is 3. The average Bonchev–Trinajstić information content (AvgIpc) is 2.03. The third-order valence-electron chi connectivity index (χ3n) is 1.71. The molecule has 14 heavy (non-hydrogen) atoms. The maximum atomic E-state index is 11.4. The first-order valence-electron chi connectivity index (χ1n) is 4.60. The second-order valence-corrected chi connectivity index (χ2v) is 5.60. The Morgan fingerprint density at radius 3 is 2.14 bits per heavy atom. The minimum Gasteiger partial charge on any atom is -0.355 e. The summed E-state index contributed by atoms with van der Waals surface area (Å²) in [5, 5.41) is 2.01. The Morgan fingerprint density at radius 1 is 1.29 bits per heavy atom. The summed E-state index contributed by atoms with van der Waals surface area (Å²) >= 11 is 0. The van der Waals surface area contributed by atoms with Crippen molar-refractivity contribution in [2.45, 2.75) is 39.0 Å². The summed E-state index contributed by atoms with van der Waals surface area (Å²) in [5.74, 6) is -0.309. The molecule has 5 nitrogen and oxygen atoms in total. The van der Waals surface area contributed by atoms with Gasteiger partial charge < -0.3 is 5.32 Å². The second kappa shape index (κ2) is 5.31. The van der Waals surface area contributed by atoms with Gasteiger partial charge in [0.05, 0.1) is 11.3 Å². The molecule has 1 amide bonds. The van der Waals surface area contributed by atoms with Crippen LogP contribution in [0.3, 0.4) is 0 Å². The van der Waals surface area contributed by atoms with Crippen LogP contribution in [-0.2, 0) is 14.8 Å². The number of likely N-dealkylation sites (N-methyl/N-ethyl adjacent to an activating group) is 1. The standard InChI is InChI=1S/C8H18N2O3S/c1-5-9-8(11)7(4)10-14(12,13)6(2)3/h6-7,10H,5H2,1-4H3,(H,9,11). The van der Waals surface area contributed by atoms with Gasteiger partial charge in [-0.2, -0.15) is 0 Å². The summed E-state index contributed by atoms with van der Waals surface area (Å²) in [6, 6.07) is -0.720. The Bertz CT molecular complexity index is 285. The molecule has 0 aliphatic heterocycles. The van der Waals surface area contributed by atoms with E-state index in [1.807, 2.05) is 0 Å². The lowest BCUT2D eigenvalue weighted by Crippen LogP contribution is -2.46. The molecule has 0 aliphatic carbocycles. The van der Waals surface area contributed by atoms with Crippen LogP contribution in [0, 0.1) is 0 Å². The molecule has 0 bridgehead atoms. The third-order valence-corrected chi connectivity index (χ3v) is 3.63. The molecule has 2 N–H and O–H groups in total. The van der Waals surface area contributed by atoms with Crippen molar-refractivity contribution in [1.29, 1.82) is 0 Å². The van der Waals surface area contributed by atoms with E-state index in [0.717, 1.165) is 0 Å². The lowest BCUT2D eigenvalue weighted by atomic mass is 10.3. The Hall–Kier alpha value is -0.620. The van der Waals surface area contributed by atoms with Crippen LogP contribution in [0.15, 0.2) is 0 Å². The molecule has 84 valence electrons. The molecule has 1 unspecified atom stereocenters. The number of nitrogens with one attached hydrogen (secondary N) is 2. The SMILES string of the molecule is CCNC(=O)C(C)NS(=O)(=O)C(C)C. The zero-order valence-electron chi connectivity index (χ0n) is 8.99. The molecule has 0 heterocycles. The molecule has 6 heteroatoms. The predicted molar refractivity (Wildman–Crippen MR) is 55.3 cm³/mol. The second-order valence-electron chi connectivity index (χ2n) is 3.33. The van der Waals surface area contributed by atoms with Gasteiger partial charge in [-0.25, -0.2) is 13.1 Å². The molecule has 1 atom stereocenters. The highest BCUT2D eigenvalue weighted by atomic mass is 32.2. The zero-order chi connectivity index (χ0) is 11.4. The predicted octanol–water partition coefficient (Wildman–Crippen LogP) is -0.161. The van der Waals surface area contributed by atoms with Crippen LogP contribution in [-0.4, -0.2) is 32.2 Å². The van der Waals surface area contributed by atoms with Crippen LogP contribution < -0.4 is 10.0 Å². The van der Waals surface area contributed by atoms with Gasteiger partial charge in [-0.15, -0.1) is 0 Å². The highest BCUT2D eigenvalue weighted by molar-refractivity contribution is 7.90. The summed E-state index contributed by atoms with van der Waals surface area (Å²) in [7, 11) is -3.37. The molecule has 0 aromatic heterocycles. The Kier molecular flexibility index (Phi) is 5.07. The lowest BCUT2D eigenvalue weighted by molar-refractivity contribution is -0.122. The quantitative estimate of drug-likeness (QED) is 0.678. The molecule has 0 saturated heterocycles. The first kappa shape index (κ1) is 13.4. The molecular weight excluding hydrogens is 204 g/mol. The monoisotopic (exact) mass is 222 g/mol. The van der Waals surface area contributed by atoms with Crippen molar-refractivity contribution in [3.8, 4) is 0 Å². The summed E-state index contributed by atoms with van der Waals surface area (Å²) in [4.78, 5) is 11.2. The highest BCUT2D eigenvalue weighted by Gasteiger charge is 2.22. The van der Waals surface area contributed by atoms with E-state index in [1.54, 1.807) is 20.8 Å². The molecule has 0 fully saturated rings. The summed E-state index contributed by atoms with van der Waals surface area (Å²) in [6.07, 6.45) is 0. The van der Waals surface area contributed by atoms with E-state index in [2.05, 4.69) is 10.0 Å². The van der Waals surface area contributed by atoms with E-state index in [0.29, 0.717) is 6.54 Å². The van der Waals surface area contributed by atoms with Crippen LogP contribution in [0.25, 0.3) is 0 Å². The number of rotatable bonds is 5. The Morgan fingerprint density at radius 2 is 1.79 bits per heavy atom. The molecule has 0 aromatic rings. The van der Waals surface area contributed by atoms with Gasteiger partial charge in [0.1, 0.15) is 0 Å². The van der Waals surface area contributed by atoms with E-state index in [4.69, 9.17) is 0 Å². The largest absolute Gasteiger partial charge is 0.355 e. The van der Waals surface area contributed by atoms with Crippen molar-refractivity contribution in [1.82, 2.24) is 10.0 Å². The van der Waals surface area contributed by atoms with Crippen LogP contribution in [0.4, 0.5) is 0 Å². The fraction of sp³-hybridized carbons (Fsp3) is 0.875. The Labute approximate surface area is 85.3 Å². The van der Waals surface area contributed by atoms with Crippen molar-refractivity contribution >= 4 is 15.9 Å². The topological polar surface area (TPSA) is 75.3 Å². The van der Waals surface area contributed by atoms with Gasteiger partial charge in [-0.3, -0.25) is 4.79 Å². The maximum Gasteiger partial charge on any atom is 0.237 e. The zero-order valence-corrected chi connectivity index (χ0v) is 9.81. The number of carbonyl (C=O) groups is 1. The van der Waals surface area contributed by atoms with Gasteiger partial charge in [0.2, 0.25) is 15.9 Å². The van der Waals surface area contributed by atoms with Gasteiger partial charge in [0.25, 0.3) is 0 Å². The van der Waals surface area contributed by atoms with E-state index in [9.17, 15) is 13.2 Å². The van der Waals surface area contributed by atoms with Gasteiger partial charge >= 0.3 is 0 Å². The van der Waals surface area contributed by atoms with Crippen molar-refractivity contribution in [2.75, 3.05) is 6.54 Å². The molecule has 0 spiro atoms. The van der Waals surface area contributed by atoms with Crippen molar-refractivity contribution in [2.24, 2.45) is 0 Å². The van der Waals surface area contributed by atoms with E-state index >= 15 is 0 Å². The first-order chi connectivity index (χ1) is 6.31. The molecular formula is C8H18N2O3S. The molecule has 0 aliphatic rings. The highest BCUT2D eigenvalue weighted by Crippen LogP contribution is 1.97. The van der Waals surface area contributed by atoms with Crippen LogP contribution in [0.1, 0.15) is 27.7 Å². The lowest BCUT2D eigenvalue weighted by Gasteiger charge is -2.15. The fourth-order valence-corrected chi connectivity index (χ4v) is 1.64. The smallest absolute Gasteiger partial charge is 0.237 e. The fourth-order valence-electron chi connectivity index (χ4n) is 0.763. The van der Waals surface area contributed by atoms with Gasteiger partial charge in [-0.05, 0) is 27.7 Å². The summed E-state index contributed by atoms with van der Waals surface area (Å²) in [6.45, 7) is 6.92. The minimum absolute atomic E-state index is 0.309. The number of hydrogen-bond donors (Lipinski definition) is 2. The van der Waals surface area contributed by atoms with Gasteiger partial charge in [0.15, 0.2) is 0 Å². The molecule has 0 rings (SSSR count). The van der Waals surface area contributed by atoms with Crippen molar-refractivity contribution in [3.63, 3.8) is 0 Å². The van der Waals surface area contributed by atoms with E-state index in [1.165, 1.54) is 6.92 Å². The van der Waals surface area contributed by atoms with Crippen LogP contribution in [0.5, 0.6) is 0 Å². The molecule has 0 radical (unpaired) electrons. The van der Waals surface area contributed by atoms with Crippen LogP contribution in [0.2, 0.25) is 0 Å². The normalized spacial score (nSPS) is 14.1. The Balaban J connectivity index is 4.33. The summed E-state index contributed by atoms with van der Waals surface area (Å²) < 4.78 is 25.0. The molecule has 0 saturated carbocycles. The van der Waals surface area contributed by atoms with Gasteiger partial charge in [0, 0.05) is 6.54 Å². The average molecular weight is 222 g/mol. The van der Waals surface area contributed by atoms with Crippen LogP contribution >= 0.6 is 0 Å². The number of sulfonamides is 1. The third kappa shape index (κ3) is 4.06. The first-order valence-corrected chi connectivity index (χ1v) is 6.14. The van der Waals surface area contributed by atoms with E-state index < -0.39 is 21.3 Å². The maximum absolute atomic E-state index is 11.4. The van der Waals surface area contributed by atoms with E-state index in [-0.39, 0.29) is 5.91 Å². The number of amides is 1. The van der Waals surface area contributed by atoms with Gasteiger partial charge in [-0.1, -0.05) is 0 Å². The van der Waals surface area contributed by atoms with Crippen molar-refractivity contribution in [3.05, 3.63) is 0 Å². The van der Waals surface area contributed by atoms with Crippen molar-refractivity contribution < 1.29 is 13.2 Å². The number of carbonyl (C=O) groups excluding carboxylic acids is 1. The summed E-state index contributed by atoms with van der Waals surface area (Å²) in [5.41, 5.74) is 0. The molecule has 0 aromatic carbocycles.